The van der Waals surface area contributed by atoms with E-state index in [0.717, 1.165) is 5.56 Å². The lowest BCUT2D eigenvalue weighted by molar-refractivity contribution is 0.435. The first-order valence-electron chi connectivity index (χ1n) is 6.08. The fourth-order valence-electron chi connectivity index (χ4n) is 1.66. The highest BCUT2D eigenvalue weighted by Gasteiger charge is 2.17. The minimum absolute atomic E-state index is 0.392. The van der Waals surface area contributed by atoms with Crippen molar-refractivity contribution in [3.05, 3.63) is 29.8 Å². The van der Waals surface area contributed by atoms with Gasteiger partial charge in [-0.2, -0.15) is 12.7 Å². The van der Waals surface area contributed by atoms with E-state index in [0.29, 0.717) is 31.7 Å². The second-order valence-electron chi connectivity index (χ2n) is 3.98. The summed E-state index contributed by atoms with van der Waals surface area (Å²) < 4.78 is 27.7. The monoisotopic (exact) mass is 271 g/mol. The fourth-order valence-corrected chi connectivity index (χ4v) is 2.89. The Hall–Kier alpha value is -1.11. The quantitative estimate of drug-likeness (QED) is 0.726. The third-order valence-electron chi connectivity index (χ3n) is 2.72. The van der Waals surface area contributed by atoms with Crippen LogP contribution < -0.4 is 10.5 Å². The van der Waals surface area contributed by atoms with E-state index in [1.165, 1.54) is 4.31 Å². The van der Waals surface area contributed by atoms with Gasteiger partial charge in [0.15, 0.2) is 0 Å². The molecular formula is C12H21N3O2S. The smallest absolute Gasteiger partial charge is 0.279 e. The average molecular weight is 271 g/mol. The first-order valence-corrected chi connectivity index (χ1v) is 7.52. The molecule has 0 amide bonds. The molecule has 0 atom stereocenters. The van der Waals surface area contributed by atoms with Gasteiger partial charge in [-0.15, -0.1) is 0 Å². The molecule has 0 aliphatic carbocycles. The largest absolute Gasteiger partial charge is 0.399 e. The van der Waals surface area contributed by atoms with Crippen LogP contribution in [-0.4, -0.2) is 32.4 Å². The van der Waals surface area contributed by atoms with Gasteiger partial charge in [-0.3, -0.25) is 0 Å². The molecule has 0 aromatic heterocycles. The third-order valence-corrected chi connectivity index (χ3v) is 4.49. The molecule has 5 nitrogen and oxygen atoms in total. The van der Waals surface area contributed by atoms with Crippen molar-refractivity contribution >= 4 is 15.9 Å². The van der Waals surface area contributed by atoms with Crippen LogP contribution in [0.1, 0.15) is 19.4 Å². The van der Waals surface area contributed by atoms with Crippen molar-refractivity contribution < 1.29 is 8.42 Å². The summed E-state index contributed by atoms with van der Waals surface area (Å²) >= 11 is 0. The highest BCUT2D eigenvalue weighted by atomic mass is 32.2. The maximum Gasteiger partial charge on any atom is 0.279 e. The summed E-state index contributed by atoms with van der Waals surface area (Å²) in [6.45, 7) is 5.00. The summed E-state index contributed by atoms with van der Waals surface area (Å²) in [6, 6.07) is 7.44. The molecule has 0 radical (unpaired) electrons. The van der Waals surface area contributed by atoms with Crippen LogP contribution in [0, 0.1) is 0 Å². The Bertz CT molecular complexity index is 453. The molecule has 0 saturated heterocycles. The van der Waals surface area contributed by atoms with E-state index in [4.69, 9.17) is 5.73 Å². The standard InChI is InChI=1S/C12H21N3O2S/c1-3-15(4-2)18(16,17)14-10-9-11-5-7-12(13)8-6-11/h5-8,14H,3-4,9-10,13H2,1-2H3. The van der Waals surface area contributed by atoms with E-state index in [-0.39, 0.29) is 0 Å². The number of anilines is 1. The zero-order chi connectivity index (χ0) is 13.6. The van der Waals surface area contributed by atoms with Crippen molar-refractivity contribution in [2.24, 2.45) is 0 Å². The maximum absolute atomic E-state index is 11.8. The average Bonchev–Trinajstić information content (AvgIpc) is 2.32. The minimum Gasteiger partial charge on any atom is -0.399 e. The van der Waals surface area contributed by atoms with Gasteiger partial charge in [-0.05, 0) is 24.1 Å². The van der Waals surface area contributed by atoms with Crippen LogP contribution in [0.2, 0.25) is 0 Å². The second-order valence-corrected chi connectivity index (χ2v) is 5.73. The van der Waals surface area contributed by atoms with Gasteiger partial charge in [0.25, 0.3) is 10.2 Å². The molecule has 1 aromatic rings. The zero-order valence-electron chi connectivity index (χ0n) is 10.9. The van der Waals surface area contributed by atoms with Gasteiger partial charge >= 0.3 is 0 Å². The Balaban J connectivity index is 2.48. The van der Waals surface area contributed by atoms with Gasteiger partial charge < -0.3 is 5.73 Å². The first kappa shape index (κ1) is 14.9. The third kappa shape index (κ3) is 4.29. The highest BCUT2D eigenvalue weighted by molar-refractivity contribution is 7.87. The van der Waals surface area contributed by atoms with Crippen molar-refractivity contribution in [1.82, 2.24) is 9.03 Å². The van der Waals surface area contributed by atoms with Crippen LogP contribution in [0.25, 0.3) is 0 Å². The maximum atomic E-state index is 11.8. The lowest BCUT2D eigenvalue weighted by atomic mass is 10.1. The molecule has 0 spiro atoms. The highest BCUT2D eigenvalue weighted by Crippen LogP contribution is 2.06. The van der Waals surface area contributed by atoms with Gasteiger partial charge in [0.2, 0.25) is 0 Å². The lowest BCUT2D eigenvalue weighted by Gasteiger charge is -2.18. The number of rotatable bonds is 7. The second kappa shape index (κ2) is 6.72. The van der Waals surface area contributed by atoms with Gasteiger partial charge in [0.05, 0.1) is 0 Å². The Labute approximate surface area is 109 Å². The van der Waals surface area contributed by atoms with Crippen LogP contribution in [0.15, 0.2) is 24.3 Å². The number of benzene rings is 1. The summed E-state index contributed by atoms with van der Waals surface area (Å²) in [5.74, 6) is 0. The summed E-state index contributed by atoms with van der Waals surface area (Å²) in [4.78, 5) is 0. The summed E-state index contributed by atoms with van der Waals surface area (Å²) in [5.41, 5.74) is 7.35. The number of hydrogen-bond donors (Lipinski definition) is 2. The zero-order valence-corrected chi connectivity index (χ0v) is 11.7. The molecule has 0 aliphatic heterocycles. The molecule has 0 saturated carbocycles. The van der Waals surface area contributed by atoms with Crippen molar-refractivity contribution in [2.45, 2.75) is 20.3 Å². The first-order chi connectivity index (χ1) is 8.49. The molecule has 0 unspecified atom stereocenters. The molecule has 0 fully saturated rings. The predicted octanol–water partition coefficient (Wildman–Crippen LogP) is 0.988. The number of hydrogen-bond acceptors (Lipinski definition) is 3. The summed E-state index contributed by atoms with van der Waals surface area (Å²) in [6.07, 6.45) is 0.654. The topological polar surface area (TPSA) is 75.4 Å². The van der Waals surface area contributed by atoms with Crippen molar-refractivity contribution in [3.8, 4) is 0 Å². The Kier molecular flexibility index (Phi) is 5.58. The van der Waals surface area contributed by atoms with Crippen LogP contribution in [0.4, 0.5) is 5.69 Å². The van der Waals surface area contributed by atoms with E-state index in [1.54, 1.807) is 0 Å². The number of nitrogens with zero attached hydrogens (tertiary/aromatic N) is 1. The van der Waals surface area contributed by atoms with Gasteiger partial charge in [0, 0.05) is 25.3 Å². The number of nitrogen functional groups attached to an aromatic ring is 1. The van der Waals surface area contributed by atoms with E-state index in [9.17, 15) is 8.42 Å². The van der Waals surface area contributed by atoms with Crippen LogP contribution in [0.3, 0.4) is 0 Å². The molecule has 0 aliphatic rings. The Morgan fingerprint density at radius 2 is 1.72 bits per heavy atom. The van der Waals surface area contributed by atoms with E-state index in [1.807, 2.05) is 38.1 Å². The summed E-state index contributed by atoms with van der Waals surface area (Å²) in [7, 11) is -3.34. The van der Waals surface area contributed by atoms with Gasteiger partial charge in [0.1, 0.15) is 0 Å². The van der Waals surface area contributed by atoms with Crippen LogP contribution in [0.5, 0.6) is 0 Å². The molecule has 102 valence electrons. The minimum atomic E-state index is -3.34. The van der Waals surface area contributed by atoms with Crippen LogP contribution >= 0.6 is 0 Å². The molecule has 1 aromatic carbocycles. The SMILES string of the molecule is CCN(CC)S(=O)(=O)NCCc1ccc(N)cc1. The molecular weight excluding hydrogens is 250 g/mol. The molecule has 0 heterocycles. The van der Waals surface area contributed by atoms with Gasteiger partial charge in [-0.25, -0.2) is 4.72 Å². The normalized spacial score (nSPS) is 11.9. The molecule has 1 rings (SSSR count). The lowest BCUT2D eigenvalue weighted by Crippen LogP contribution is -2.41. The predicted molar refractivity (Wildman–Crippen MR) is 74.4 cm³/mol. The Morgan fingerprint density at radius 1 is 1.17 bits per heavy atom. The Morgan fingerprint density at radius 3 is 2.22 bits per heavy atom. The molecule has 6 heteroatoms. The van der Waals surface area contributed by atoms with Crippen molar-refractivity contribution in [1.29, 1.82) is 0 Å². The van der Waals surface area contributed by atoms with Crippen molar-refractivity contribution in [2.75, 3.05) is 25.4 Å². The molecule has 3 N–H and O–H groups in total. The summed E-state index contributed by atoms with van der Waals surface area (Å²) in [5, 5.41) is 0. The van der Waals surface area contributed by atoms with Crippen molar-refractivity contribution in [3.63, 3.8) is 0 Å². The molecule has 0 bridgehead atoms. The van der Waals surface area contributed by atoms with Crippen LogP contribution in [-0.2, 0) is 16.6 Å². The van der Waals surface area contributed by atoms with E-state index >= 15 is 0 Å². The number of nitrogens with one attached hydrogen (secondary N) is 1. The van der Waals surface area contributed by atoms with E-state index < -0.39 is 10.2 Å². The van der Waals surface area contributed by atoms with Gasteiger partial charge in [-0.1, -0.05) is 26.0 Å². The molecule has 18 heavy (non-hydrogen) atoms. The van der Waals surface area contributed by atoms with E-state index in [2.05, 4.69) is 4.72 Å². The fraction of sp³-hybridized carbons (Fsp3) is 0.500. The number of nitrogens with two attached hydrogens (primary N) is 1.